The monoisotopic (exact) mass is 444 g/mol. The number of carbonyl (C=O) groups is 3. The van der Waals surface area contributed by atoms with E-state index in [4.69, 9.17) is 9.94 Å². The molecule has 0 bridgehead atoms. The Kier molecular flexibility index (Phi) is 13.6. The maximum atomic E-state index is 11.1. The zero-order valence-corrected chi connectivity index (χ0v) is 20.1. The Morgan fingerprint density at radius 3 is 2.25 bits per heavy atom. The lowest BCUT2D eigenvalue weighted by Crippen LogP contribution is -2.45. The molecule has 32 heavy (non-hydrogen) atoms. The van der Waals surface area contributed by atoms with E-state index in [0.29, 0.717) is 11.8 Å². The topological polar surface area (TPSA) is 105 Å². The Bertz CT molecular complexity index is 814. The summed E-state index contributed by atoms with van der Waals surface area (Å²) in [6, 6.07) is 7.38. The number of ketones is 1. The molecule has 3 N–H and O–H groups in total. The van der Waals surface area contributed by atoms with E-state index in [0.717, 1.165) is 17.7 Å². The zero-order chi connectivity index (χ0) is 24.7. The molecule has 0 saturated heterocycles. The molecular formula is C25H36N2O5. The lowest BCUT2D eigenvalue weighted by Gasteiger charge is -2.18. The van der Waals surface area contributed by atoms with E-state index in [-0.39, 0.29) is 5.78 Å². The lowest BCUT2D eigenvalue weighted by molar-refractivity contribution is -0.146. The first-order chi connectivity index (χ1) is 15.2. The maximum Gasteiger partial charge on any atom is 0.258 e. The van der Waals surface area contributed by atoms with E-state index < -0.39 is 17.2 Å². The third-order valence-electron chi connectivity index (χ3n) is 4.76. The summed E-state index contributed by atoms with van der Waals surface area (Å²) in [6.45, 7) is 9.24. The van der Waals surface area contributed by atoms with Gasteiger partial charge in [0.15, 0.2) is 5.78 Å². The number of hydroxylamine groups is 1. The second kappa shape index (κ2) is 15.0. The van der Waals surface area contributed by atoms with Crippen LogP contribution in [0.25, 0.3) is 0 Å². The number of amides is 2. The van der Waals surface area contributed by atoms with Crippen LogP contribution in [0.3, 0.4) is 0 Å². The third kappa shape index (κ3) is 9.90. The van der Waals surface area contributed by atoms with Gasteiger partial charge in [-0.1, -0.05) is 43.9 Å². The van der Waals surface area contributed by atoms with Crippen LogP contribution in [0.5, 0.6) is 0 Å². The van der Waals surface area contributed by atoms with Gasteiger partial charge in [-0.05, 0) is 57.2 Å². The molecule has 1 aromatic rings. The van der Waals surface area contributed by atoms with Crippen LogP contribution in [0, 0.1) is 29.1 Å². The zero-order valence-electron chi connectivity index (χ0n) is 20.1. The van der Waals surface area contributed by atoms with Gasteiger partial charge >= 0.3 is 0 Å². The van der Waals surface area contributed by atoms with Crippen molar-refractivity contribution in [3.05, 3.63) is 47.5 Å². The Hall–Kier alpha value is -2.95. The lowest BCUT2D eigenvalue weighted by atomic mass is 9.92. The minimum atomic E-state index is -1.23. The Labute approximate surface area is 191 Å². The van der Waals surface area contributed by atoms with Gasteiger partial charge in [-0.3, -0.25) is 19.6 Å². The van der Waals surface area contributed by atoms with Gasteiger partial charge in [-0.15, -0.1) is 0 Å². The normalized spacial score (nSPS) is 16.2. The van der Waals surface area contributed by atoms with Crippen LogP contribution >= 0.6 is 0 Å². The number of nitrogens with one attached hydrogen (secondary N) is 2. The number of hydrogen-bond donors (Lipinski definition) is 3. The smallest absolute Gasteiger partial charge is 0.258 e. The predicted molar refractivity (Wildman–Crippen MR) is 125 cm³/mol. The maximum absolute atomic E-state index is 11.1. The summed E-state index contributed by atoms with van der Waals surface area (Å²) >= 11 is 0. The van der Waals surface area contributed by atoms with Crippen molar-refractivity contribution in [3.8, 4) is 11.8 Å². The van der Waals surface area contributed by atoms with Gasteiger partial charge in [0.05, 0.1) is 0 Å². The number of carbonyl (C=O) groups excluding carboxylic acids is 3. The molecule has 0 spiro atoms. The van der Waals surface area contributed by atoms with Crippen molar-refractivity contribution in [1.29, 1.82) is 0 Å². The summed E-state index contributed by atoms with van der Waals surface area (Å²) in [5, 5.41) is 10.5. The predicted octanol–water partition coefficient (Wildman–Crippen LogP) is 3.37. The van der Waals surface area contributed by atoms with Crippen LogP contribution in [-0.2, 0) is 14.3 Å². The second-order valence-corrected chi connectivity index (χ2v) is 7.52. The van der Waals surface area contributed by atoms with Gasteiger partial charge < -0.3 is 10.1 Å². The number of rotatable bonds is 6. The van der Waals surface area contributed by atoms with Crippen molar-refractivity contribution in [2.24, 2.45) is 17.3 Å². The molecule has 1 aliphatic rings. The van der Waals surface area contributed by atoms with Crippen molar-refractivity contribution < 1.29 is 24.3 Å². The summed E-state index contributed by atoms with van der Waals surface area (Å²) in [6.07, 6.45) is 5.28. The van der Waals surface area contributed by atoms with Gasteiger partial charge in [-0.25, -0.2) is 5.48 Å². The first kappa shape index (κ1) is 29.1. The summed E-state index contributed by atoms with van der Waals surface area (Å²) < 4.78 is 5.10. The summed E-state index contributed by atoms with van der Waals surface area (Å²) in [5.41, 5.74) is 1.84. The number of Topliss-reactive ketones (excluding diaryl/α,β-unsaturated/α-hetero) is 1. The molecule has 176 valence electrons. The molecular weight excluding hydrogens is 408 g/mol. The molecule has 0 heterocycles. The number of hydrogen-bond acceptors (Lipinski definition) is 5. The van der Waals surface area contributed by atoms with Gasteiger partial charge in [0.2, 0.25) is 5.91 Å². The molecule has 0 radical (unpaired) electrons. The van der Waals surface area contributed by atoms with Gasteiger partial charge in [-0.2, -0.15) is 0 Å². The van der Waals surface area contributed by atoms with E-state index in [9.17, 15) is 14.4 Å². The highest BCUT2D eigenvalue weighted by molar-refractivity contribution is 6.03. The van der Waals surface area contributed by atoms with E-state index in [1.807, 2.05) is 44.2 Å². The largest absolute Gasteiger partial charge is 0.384 e. The first-order valence-electron chi connectivity index (χ1n) is 10.6. The van der Waals surface area contributed by atoms with Gasteiger partial charge in [0.25, 0.3) is 5.91 Å². The van der Waals surface area contributed by atoms with E-state index >= 15 is 0 Å². The molecule has 2 amide bonds. The number of methoxy groups -OCH3 is 1. The summed E-state index contributed by atoms with van der Waals surface area (Å²) in [4.78, 5) is 32.9. The van der Waals surface area contributed by atoms with Crippen molar-refractivity contribution in [1.82, 2.24) is 10.8 Å². The third-order valence-corrected chi connectivity index (χ3v) is 4.76. The molecule has 1 aliphatic carbocycles. The fourth-order valence-corrected chi connectivity index (χ4v) is 2.55. The van der Waals surface area contributed by atoms with Crippen LogP contribution in [0.15, 0.2) is 36.4 Å². The van der Waals surface area contributed by atoms with E-state index in [1.165, 1.54) is 32.8 Å². The molecule has 7 nitrogen and oxygen atoms in total. The summed E-state index contributed by atoms with van der Waals surface area (Å²) in [7, 11) is 3.17. The Morgan fingerprint density at radius 2 is 1.78 bits per heavy atom. The second-order valence-electron chi connectivity index (χ2n) is 7.52. The fraction of sp³-hybridized carbons (Fsp3) is 0.480. The molecule has 2 unspecified atom stereocenters. The quantitative estimate of drug-likeness (QED) is 0.205. The fourth-order valence-electron chi connectivity index (χ4n) is 2.55. The molecule has 0 aromatic heterocycles. The van der Waals surface area contributed by atoms with Crippen LogP contribution < -0.4 is 10.8 Å². The van der Waals surface area contributed by atoms with Crippen molar-refractivity contribution in [2.75, 3.05) is 20.8 Å². The van der Waals surface area contributed by atoms with Crippen molar-refractivity contribution in [2.45, 2.75) is 41.0 Å². The van der Waals surface area contributed by atoms with Crippen LogP contribution in [-0.4, -0.2) is 43.6 Å². The van der Waals surface area contributed by atoms with Crippen molar-refractivity contribution in [3.63, 3.8) is 0 Å². The van der Waals surface area contributed by atoms with Crippen LogP contribution in [0.2, 0.25) is 0 Å². The van der Waals surface area contributed by atoms with E-state index in [1.54, 1.807) is 14.0 Å². The molecule has 2 atom stereocenters. The highest BCUT2D eigenvalue weighted by Gasteiger charge is 2.35. The SMILES string of the molecule is CC.CNC(=O)C(C)(C)C(=O)NO.COCC1CC1/C=C/C#Cc1ccc(C(C)=O)cc1. The highest BCUT2D eigenvalue weighted by Crippen LogP contribution is 2.39. The van der Waals surface area contributed by atoms with Gasteiger partial charge in [0.1, 0.15) is 5.41 Å². The minimum Gasteiger partial charge on any atom is -0.384 e. The average Bonchev–Trinajstić information content (AvgIpc) is 3.55. The number of allylic oxidation sites excluding steroid dienone is 2. The Balaban J connectivity index is 0.000000635. The molecule has 1 fully saturated rings. The number of ether oxygens (including phenoxy) is 1. The van der Waals surface area contributed by atoms with Crippen molar-refractivity contribution >= 4 is 17.6 Å². The summed E-state index contributed by atoms with van der Waals surface area (Å²) in [5.74, 6) is 6.32. The first-order valence-corrected chi connectivity index (χ1v) is 10.6. The minimum absolute atomic E-state index is 0.0809. The molecule has 1 aromatic carbocycles. The standard InChI is InChI=1S/C17H18O2.C6H12N2O3.C2H6/c1-13(18)15-9-7-14(8-10-15)5-3-4-6-16-11-17(16)12-19-2;1-6(2,4(9)7-3)5(10)8-11;1-2/h4,6-10,16-17H,11-12H2,1-2H3;11H,1-3H3,(H,7,9)(H,8,10);1-2H3/b6-4+;;. The van der Waals surface area contributed by atoms with E-state index in [2.05, 4.69) is 23.2 Å². The average molecular weight is 445 g/mol. The molecule has 1 saturated carbocycles. The number of benzene rings is 1. The molecule has 7 heteroatoms. The highest BCUT2D eigenvalue weighted by atomic mass is 16.5. The molecule has 0 aliphatic heterocycles. The van der Waals surface area contributed by atoms with Crippen LogP contribution in [0.1, 0.15) is 57.0 Å². The Morgan fingerprint density at radius 1 is 1.19 bits per heavy atom. The van der Waals surface area contributed by atoms with Crippen LogP contribution in [0.4, 0.5) is 0 Å². The van der Waals surface area contributed by atoms with Gasteiger partial charge in [0, 0.05) is 31.9 Å². The molecule has 2 rings (SSSR count).